The summed E-state index contributed by atoms with van der Waals surface area (Å²) in [6, 6.07) is 4.43. The summed E-state index contributed by atoms with van der Waals surface area (Å²) in [4.78, 5) is 34.2. The van der Waals surface area contributed by atoms with Crippen molar-refractivity contribution >= 4 is 44.9 Å². The van der Waals surface area contributed by atoms with Crippen LogP contribution in [0.2, 0.25) is 0 Å². The molecule has 1 aliphatic carbocycles. The monoisotopic (exact) mass is 509 g/mol. The molecule has 10 heteroatoms. The molecule has 1 atom stereocenters. The Morgan fingerprint density at radius 2 is 2.00 bits per heavy atom. The highest BCUT2D eigenvalue weighted by atomic mass is 32.1. The first-order valence-corrected chi connectivity index (χ1v) is 13.4. The fraction of sp³-hybridized carbons (Fsp3) is 0.538. The van der Waals surface area contributed by atoms with E-state index in [0.717, 1.165) is 58.8 Å². The van der Waals surface area contributed by atoms with Crippen molar-refractivity contribution in [1.29, 1.82) is 0 Å². The topological polar surface area (TPSA) is 86.7 Å². The van der Waals surface area contributed by atoms with Crippen LogP contribution in [-0.4, -0.2) is 91.2 Å². The van der Waals surface area contributed by atoms with Gasteiger partial charge in [0.1, 0.15) is 5.82 Å². The molecule has 0 radical (unpaired) electrons. The lowest BCUT2D eigenvalue weighted by atomic mass is 9.96. The summed E-state index contributed by atoms with van der Waals surface area (Å²) >= 11 is 1.51. The molecule has 4 heterocycles. The van der Waals surface area contributed by atoms with Gasteiger partial charge in [-0.15, -0.1) is 11.3 Å². The number of carbonyl (C=O) groups excluding carboxylic acids is 1. The number of pyridine rings is 1. The molecular weight excluding hydrogens is 474 g/mol. The zero-order chi connectivity index (χ0) is 25.2. The summed E-state index contributed by atoms with van der Waals surface area (Å²) in [6.45, 7) is 3.58. The Morgan fingerprint density at radius 1 is 1.19 bits per heavy atom. The van der Waals surface area contributed by atoms with Gasteiger partial charge in [0.15, 0.2) is 0 Å². The summed E-state index contributed by atoms with van der Waals surface area (Å²) in [5, 5.41) is 3.27. The van der Waals surface area contributed by atoms with Crippen molar-refractivity contribution in [2.24, 2.45) is 0 Å². The van der Waals surface area contributed by atoms with E-state index >= 15 is 0 Å². The third-order valence-corrected chi connectivity index (χ3v) is 8.44. The van der Waals surface area contributed by atoms with E-state index in [1.54, 1.807) is 26.1 Å². The van der Waals surface area contributed by atoms with Gasteiger partial charge in [0, 0.05) is 46.4 Å². The number of thiophene rings is 1. The molecule has 1 N–H and O–H groups in total. The molecule has 9 nitrogen and oxygen atoms in total. The average molecular weight is 510 g/mol. The molecule has 1 amide bonds. The van der Waals surface area contributed by atoms with E-state index < -0.39 is 0 Å². The second kappa shape index (κ2) is 10.7. The maximum Gasteiger partial charge on any atom is 0.263 e. The summed E-state index contributed by atoms with van der Waals surface area (Å²) in [7, 11) is 7.51. The van der Waals surface area contributed by atoms with Gasteiger partial charge in [-0.2, -0.15) is 0 Å². The normalized spacial score (nSPS) is 19.2. The molecule has 36 heavy (non-hydrogen) atoms. The third-order valence-electron chi connectivity index (χ3n) is 7.32. The second-order valence-electron chi connectivity index (χ2n) is 9.99. The zero-order valence-electron chi connectivity index (χ0n) is 21.5. The number of nitrogens with one attached hydrogen (secondary N) is 1. The lowest BCUT2D eigenvalue weighted by molar-refractivity contribution is 0.0831. The van der Waals surface area contributed by atoms with Crippen molar-refractivity contribution in [2.45, 2.75) is 37.6 Å². The number of aromatic nitrogens is 3. The van der Waals surface area contributed by atoms with E-state index in [1.165, 1.54) is 24.2 Å². The summed E-state index contributed by atoms with van der Waals surface area (Å²) < 4.78 is 6.35. The Kier molecular flexibility index (Phi) is 7.36. The van der Waals surface area contributed by atoms with Crippen LogP contribution in [-0.2, 0) is 4.74 Å². The van der Waals surface area contributed by atoms with Crippen LogP contribution in [0.3, 0.4) is 0 Å². The Balaban J connectivity index is 1.37. The molecule has 1 saturated carbocycles. The lowest BCUT2D eigenvalue weighted by Crippen LogP contribution is -2.53. The van der Waals surface area contributed by atoms with Crippen LogP contribution in [0.25, 0.3) is 10.2 Å². The smallest absolute Gasteiger partial charge is 0.263 e. The molecule has 1 aliphatic heterocycles. The van der Waals surface area contributed by atoms with Crippen LogP contribution in [0.15, 0.2) is 24.5 Å². The van der Waals surface area contributed by atoms with Gasteiger partial charge in [0.2, 0.25) is 5.95 Å². The molecule has 0 bridgehead atoms. The Hall–Kier alpha value is -2.82. The van der Waals surface area contributed by atoms with Gasteiger partial charge in [-0.25, -0.2) is 15.0 Å². The van der Waals surface area contributed by atoms with Crippen molar-refractivity contribution in [3.8, 4) is 0 Å². The number of hydrogen-bond acceptors (Lipinski definition) is 9. The van der Waals surface area contributed by atoms with Crippen LogP contribution in [0.5, 0.6) is 0 Å². The van der Waals surface area contributed by atoms with E-state index in [4.69, 9.17) is 9.72 Å². The number of nitrogens with zero attached hydrogens (tertiary/aromatic N) is 6. The number of ether oxygens (including phenoxy) is 1. The number of piperazine rings is 1. The van der Waals surface area contributed by atoms with E-state index in [0.29, 0.717) is 30.3 Å². The fourth-order valence-corrected chi connectivity index (χ4v) is 6.46. The highest BCUT2D eigenvalue weighted by Crippen LogP contribution is 2.43. The van der Waals surface area contributed by atoms with Crippen LogP contribution < -0.4 is 10.2 Å². The number of carbonyl (C=O) groups is 1. The first kappa shape index (κ1) is 24.9. The second-order valence-corrected chi connectivity index (χ2v) is 11.0. The maximum absolute atomic E-state index is 13.0. The number of anilines is 3. The first-order chi connectivity index (χ1) is 17.4. The van der Waals surface area contributed by atoms with E-state index in [-0.39, 0.29) is 5.91 Å². The van der Waals surface area contributed by atoms with Crippen LogP contribution >= 0.6 is 11.3 Å². The van der Waals surface area contributed by atoms with Crippen molar-refractivity contribution < 1.29 is 9.53 Å². The fourth-order valence-electron chi connectivity index (χ4n) is 5.24. The highest BCUT2D eigenvalue weighted by Gasteiger charge is 2.29. The Morgan fingerprint density at radius 3 is 2.69 bits per heavy atom. The van der Waals surface area contributed by atoms with Gasteiger partial charge < -0.3 is 19.9 Å². The zero-order valence-corrected chi connectivity index (χ0v) is 22.3. The molecule has 2 fully saturated rings. The number of likely N-dealkylation sites (N-methyl/N-ethyl adjacent to an activating group) is 1. The number of hydrogen-bond donors (Lipinski definition) is 1. The minimum atomic E-state index is 0.0447. The van der Waals surface area contributed by atoms with E-state index in [9.17, 15) is 4.79 Å². The van der Waals surface area contributed by atoms with Crippen molar-refractivity contribution in [3.63, 3.8) is 0 Å². The molecule has 3 aromatic heterocycles. The summed E-state index contributed by atoms with van der Waals surface area (Å²) in [5.41, 5.74) is 3.09. The predicted octanol–water partition coefficient (Wildman–Crippen LogP) is 3.96. The highest BCUT2D eigenvalue weighted by molar-refractivity contribution is 7.21. The predicted molar refractivity (Wildman–Crippen MR) is 145 cm³/mol. The lowest BCUT2D eigenvalue weighted by Gasteiger charge is -2.40. The van der Waals surface area contributed by atoms with Gasteiger partial charge in [0.05, 0.1) is 45.8 Å². The van der Waals surface area contributed by atoms with E-state index in [1.807, 2.05) is 18.5 Å². The Bertz CT molecular complexity index is 1210. The first-order valence-electron chi connectivity index (χ1n) is 12.6. The maximum atomic E-state index is 13.0. The van der Waals surface area contributed by atoms with Gasteiger partial charge in [-0.05, 0) is 37.9 Å². The quantitative estimate of drug-likeness (QED) is 0.512. The number of rotatable bonds is 7. The minimum Gasteiger partial charge on any atom is -0.383 e. The third kappa shape index (κ3) is 5.02. The molecule has 2 aliphatic rings. The van der Waals surface area contributed by atoms with Gasteiger partial charge in [-0.3, -0.25) is 9.69 Å². The van der Waals surface area contributed by atoms with Gasteiger partial charge in [0.25, 0.3) is 5.91 Å². The molecule has 0 unspecified atom stereocenters. The van der Waals surface area contributed by atoms with E-state index in [2.05, 4.69) is 38.2 Å². The Labute approximate surface area is 216 Å². The minimum absolute atomic E-state index is 0.0447. The van der Waals surface area contributed by atoms with Crippen molar-refractivity contribution in [3.05, 3.63) is 35.0 Å². The molecule has 192 valence electrons. The van der Waals surface area contributed by atoms with Gasteiger partial charge in [-0.1, -0.05) is 12.8 Å². The number of amides is 1. The molecule has 3 aromatic rings. The van der Waals surface area contributed by atoms with Crippen LogP contribution in [0.4, 0.5) is 17.5 Å². The largest absolute Gasteiger partial charge is 0.383 e. The standard InChI is InChI=1S/C26H35N7O2S/c1-31(2)25(34)24-22(17-7-5-6-8-17)23-20(36-24)14-28-26(30-23)29-21-10-9-18(13-27-21)33-12-11-32(3)19(15-33)16-35-4/h9-10,13-14,17,19H,5-8,11-12,15-16H2,1-4H3,(H,27,28,29,30)/t19-/m0/s1. The number of fused-ring (bicyclic) bond motifs is 1. The molecule has 0 spiro atoms. The molecule has 1 saturated heterocycles. The summed E-state index contributed by atoms with van der Waals surface area (Å²) in [6.07, 6.45) is 8.33. The number of methoxy groups -OCH3 is 1. The van der Waals surface area contributed by atoms with Crippen molar-refractivity contribution in [2.75, 3.05) is 64.7 Å². The molecular formula is C26H35N7O2S. The van der Waals surface area contributed by atoms with Crippen LogP contribution in [0.1, 0.15) is 46.8 Å². The van der Waals surface area contributed by atoms with Gasteiger partial charge >= 0.3 is 0 Å². The molecule has 5 rings (SSSR count). The van der Waals surface area contributed by atoms with Crippen molar-refractivity contribution in [1.82, 2.24) is 24.8 Å². The average Bonchev–Trinajstić information content (AvgIpc) is 3.53. The van der Waals surface area contributed by atoms with Crippen LogP contribution in [0, 0.1) is 0 Å². The molecule has 0 aromatic carbocycles. The SMILES string of the molecule is COC[C@@H]1CN(c2ccc(Nc3ncc4sc(C(=O)N(C)C)c(C5CCCC5)c4n3)nc2)CCN1C. The summed E-state index contributed by atoms with van der Waals surface area (Å²) in [5.74, 6) is 1.62.